The first-order valence-electron chi connectivity index (χ1n) is 10.9. The van der Waals surface area contributed by atoms with Crippen molar-refractivity contribution in [3.05, 3.63) is 81.9 Å². The smallest absolute Gasteiger partial charge is 0.326 e. The van der Waals surface area contributed by atoms with Crippen LogP contribution in [-0.4, -0.2) is 39.4 Å². The van der Waals surface area contributed by atoms with E-state index in [1.54, 1.807) is 56.3 Å². The number of rotatable bonds is 10. The number of nitrogens with two attached hydrogens (primary N) is 1. The molecule has 0 bridgehead atoms. The van der Waals surface area contributed by atoms with Gasteiger partial charge in [-0.3, -0.25) is 9.59 Å². The molecule has 0 radical (unpaired) electrons. The van der Waals surface area contributed by atoms with Gasteiger partial charge in [0.25, 0.3) is 5.91 Å². The zero-order valence-corrected chi connectivity index (χ0v) is 20.9. The van der Waals surface area contributed by atoms with Crippen LogP contribution < -0.4 is 5.73 Å². The minimum absolute atomic E-state index is 0.130. The zero-order chi connectivity index (χ0) is 25.8. The summed E-state index contributed by atoms with van der Waals surface area (Å²) in [6.45, 7) is 3.49. The summed E-state index contributed by atoms with van der Waals surface area (Å²) in [6, 6.07) is 15.0. The third-order valence-electron chi connectivity index (χ3n) is 5.67. The van der Waals surface area contributed by atoms with Crippen LogP contribution in [0.4, 0.5) is 4.39 Å². The van der Waals surface area contributed by atoms with Crippen molar-refractivity contribution in [2.24, 2.45) is 5.73 Å². The number of carbonyl (C=O) groups is 3. The number of carboxylic acid groups (broad SMARTS) is 1. The predicted octanol–water partition coefficient (Wildman–Crippen LogP) is 5.39. The molecule has 35 heavy (non-hydrogen) atoms. The van der Waals surface area contributed by atoms with E-state index in [-0.39, 0.29) is 19.3 Å². The Morgan fingerprint density at radius 3 is 2.20 bits per heavy atom. The molecule has 0 aliphatic rings. The summed E-state index contributed by atoms with van der Waals surface area (Å²) in [4.78, 5) is 39.7. The highest BCUT2D eigenvalue weighted by molar-refractivity contribution is 7.19. The summed E-state index contributed by atoms with van der Waals surface area (Å²) in [6.07, 6.45) is -0.0500. The van der Waals surface area contributed by atoms with Gasteiger partial charge in [-0.15, -0.1) is 11.3 Å². The molecule has 0 fully saturated rings. The number of aliphatic carboxylic acids is 1. The highest BCUT2D eigenvalue weighted by Gasteiger charge is 2.40. The summed E-state index contributed by atoms with van der Waals surface area (Å²) >= 11 is 7.43. The molecule has 9 heteroatoms. The second-order valence-electron chi connectivity index (χ2n) is 8.83. The molecule has 1 aromatic heterocycles. The number of nitrogens with zero attached hydrogens (tertiary/aromatic N) is 1. The Labute approximate surface area is 212 Å². The van der Waals surface area contributed by atoms with Gasteiger partial charge >= 0.3 is 5.97 Å². The quantitative estimate of drug-likeness (QED) is 0.377. The van der Waals surface area contributed by atoms with Crippen LogP contribution >= 0.6 is 22.9 Å². The monoisotopic (exact) mass is 516 g/mol. The third-order valence-corrected chi connectivity index (χ3v) is 6.95. The van der Waals surface area contributed by atoms with Gasteiger partial charge in [0.15, 0.2) is 0 Å². The number of hydrogen-bond acceptors (Lipinski definition) is 4. The lowest BCUT2D eigenvalue weighted by molar-refractivity contribution is -0.144. The Hall–Kier alpha value is -3.23. The second kappa shape index (κ2) is 11.0. The summed E-state index contributed by atoms with van der Waals surface area (Å²) in [5.41, 5.74) is 6.19. The molecule has 0 saturated heterocycles. The van der Waals surface area contributed by atoms with Crippen molar-refractivity contribution >= 4 is 40.7 Å². The average Bonchev–Trinajstić information content (AvgIpc) is 3.23. The maximum Gasteiger partial charge on any atom is 0.326 e. The Bertz CT molecular complexity index is 1210. The second-order valence-corrected chi connectivity index (χ2v) is 10.5. The molecule has 184 valence electrons. The zero-order valence-electron chi connectivity index (χ0n) is 19.3. The molecule has 0 aliphatic heterocycles. The molecule has 6 nitrogen and oxygen atoms in total. The van der Waals surface area contributed by atoms with Gasteiger partial charge in [0, 0.05) is 22.4 Å². The minimum atomic E-state index is -1.29. The van der Waals surface area contributed by atoms with Crippen LogP contribution in [0.15, 0.2) is 60.7 Å². The Morgan fingerprint density at radius 2 is 1.69 bits per heavy atom. The fourth-order valence-electron chi connectivity index (χ4n) is 4.05. The molecule has 3 rings (SSSR count). The number of thiophene rings is 1. The SMILES string of the molecule is CC(C)(Cc1ccc(F)cc1)N(C(=O)c1ccc(-c2ccc(Cl)s2)cc1)[C@@H](CCC(N)=O)C(=O)O. The average molecular weight is 517 g/mol. The van der Waals surface area contributed by atoms with Gasteiger partial charge in [0.05, 0.1) is 4.34 Å². The molecule has 0 aliphatic carbocycles. The molecule has 0 saturated carbocycles. The Kier molecular flexibility index (Phi) is 8.30. The molecule has 2 amide bonds. The molecule has 3 aromatic rings. The first-order valence-corrected chi connectivity index (χ1v) is 12.1. The van der Waals surface area contributed by atoms with E-state index in [0.717, 1.165) is 16.0 Å². The van der Waals surface area contributed by atoms with E-state index in [9.17, 15) is 23.9 Å². The standard InChI is InChI=1S/C26H26ClFN2O4S/c1-26(2,15-16-3-9-19(28)10-4-16)30(20(25(33)34)11-14-23(29)31)24(32)18-7-5-17(6-8-18)21-12-13-22(27)35-21/h3-10,12-13,20H,11,14-15H2,1-2H3,(H2,29,31)(H,33,34)/t20-/m0/s1. The lowest BCUT2D eigenvalue weighted by Crippen LogP contribution is -2.57. The molecule has 2 aromatic carbocycles. The first kappa shape index (κ1) is 26.4. The Morgan fingerprint density at radius 1 is 1.06 bits per heavy atom. The van der Waals surface area contributed by atoms with E-state index >= 15 is 0 Å². The van der Waals surface area contributed by atoms with Crippen molar-refractivity contribution in [1.29, 1.82) is 0 Å². The van der Waals surface area contributed by atoms with Crippen molar-refractivity contribution < 1.29 is 23.9 Å². The van der Waals surface area contributed by atoms with Crippen molar-refractivity contribution in [2.75, 3.05) is 0 Å². The predicted molar refractivity (Wildman–Crippen MR) is 135 cm³/mol. The number of benzene rings is 2. The third kappa shape index (κ3) is 6.68. The topological polar surface area (TPSA) is 101 Å². The van der Waals surface area contributed by atoms with Crippen LogP contribution in [0, 0.1) is 5.82 Å². The lowest BCUT2D eigenvalue weighted by atomic mass is 9.89. The number of primary amides is 1. The van der Waals surface area contributed by atoms with E-state index in [1.807, 2.05) is 6.07 Å². The molecule has 3 N–H and O–H groups in total. The van der Waals surface area contributed by atoms with Crippen LogP contribution in [0.1, 0.15) is 42.6 Å². The van der Waals surface area contributed by atoms with Gasteiger partial charge in [-0.05, 0) is 74.2 Å². The molecule has 0 spiro atoms. The number of halogens is 2. The molecular formula is C26H26ClFN2O4S. The summed E-state index contributed by atoms with van der Waals surface area (Å²) in [7, 11) is 0. The summed E-state index contributed by atoms with van der Waals surface area (Å²) in [5.74, 6) is -2.78. The largest absolute Gasteiger partial charge is 0.480 e. The van der Waals surface area contributed by atoms with E-state index in [1.165, 1.54) is 28.4 Å². The molecular weight excluding hydrogens is 491 g/mol. The van der Waals surface area contributed by atoms with Gasteiger partial charge in [-0.25, -0.2) is 9.18 Å². The molecule has 1 heterocycles. The lowest BCUT2D eigenvalue weighted by Gasteiger charge is -2.42. The van der Waals surface area contributed by atoms with Gasteiger partial charge < -0.3 is 15.7 Å². The highest BCUT2D eigenvalue weighted by Crippen LogP contribution is 2.32. The number of hydrogen-bond donors (Lipinski definition) is 2. The Balaban J connectivity index is 1.98. The van der Waals surface area contributed by atoms with Gasteiger partial charge in [-0.1, -0.05) is 35.9 Å². The van der Waals surface area contributed by atoms with Crippen molar-refractivity contribution in [2.45, 2.75) is 44.7 Å². The van der Waals surface area contributed by atoms with Crippen LogP contribution in [-0.2, 0) is 16.0 Å². The van der Waals surface area contributed by atoms with Crippen LogP contribution in [0.5, 0.6) is 0 Å². The van der Waals surface area contributed by atoms with Gasteiger partial charge in [-0.2, -0.15) is 0 Å². The number of amides is 2. The maximum absolute atomic E-state index is 13.7. The fourth-order valence-corrected chi connectivity index (χ4v) is 5.10. The fraction of sp³-hybridized carbons (Fsp3) is 0.269. The first-order chi connectivity index (χ1) is 16.5. The van der Waals surface area contributed by atoms with E-state index in [4.69, 9.17) is 17.3 Å². The van der Waals surface area contributed by atoms with Crippen molar-refractivity contribution in [3.8, 4) is 10.4 Å². The van der Waals surface area contributed by atoms with E-state index in [2.05, 4.69) is 0 Å². The van der Waals surface area contributed by atoms with E-state index < -0.39 is 35.2 Å². The molecule has 0 unspecified atom stereocenters. The van der Waals surface area contributed by atoms with E-state index in [0.29, 0.717) is 9.90 Å². The van der Waals surface area contributed by atoms with Gasteiger partial charge in [0.2, 0.25) is 5.91 Å². The summed E-state index contributed by atoms with van der Waals surface area (Å²) in [5, 5.41) is 10.0. The minimum Gasteiger partial charge on any atom is -0.480 e. The number of carboxylic acids is 1. The normalized spacial score (nSPS) is 12.2. The maximum atomic E-state index is 13.7. The van der Waals surface area contributed by atoms with Crippen LogP contribution in [0.2, 0.25) is 4.34 Å². The molecule has 1 atom stereocenters. The van der Waals surface area contributed by atoms with Crippen LogP contribution in [0.25, 0.3) is 10.4 Å². The summed E-state index contributed by atoms with van der Waals surface area (Å²) < 4.78 is 14.0. The van der Waals surface area contributed by atoms with Crippen molar-refractivity contribution in [1.82, 2.24) is 4.90 Å². The highest BCUT2D eigenvalue weighted by atomic mass is 35.5. The number of carbonyl (C=O) groups excluding carboxylic acids is 2. The van der Waals surface area contributed by atoms with Crippen molar-refractivity contribution in [3.63, 3.8) is 0 Å². The van der Waals surface area contributed by atoms with Crippen LogP contribution in [0.3, 0.4) is 0 Å². The van der Waals surface area contributed by atoms with Gasteiger partial charge in [0.1, 0.15) is 11.9 Å².